The Morgan fingerprint density at radius 3 is 2.84 bits per heavy atom. The van der Waals surface area contributed by atoms with E-state index in [1.165, 1.54) is 0 Å². The number of carbonyl (C=O) groups excluding carboxylic acids is 1. The van der Waals surface area contributed by atoms with Gasteiger partial charge in [-0.1, -0.05) is 6.07 Å². The molecule has 9 nitrogen and oxygen atoms in total. The van der Waals surface area contributed by atoms with Crippen LogP contribution in [0.5, 0.6) is 0 Å². The molecule has 1 atom stereocenters. The highest BCUT2D eigenvalue weighted by Crippen LogP contribution is 2.26. The van der Waals surface area contributed by atoms with Crippen molar-refractivity contribution in [2.45, 2.75) is 19.8 Å². The Kier molecular flexibility index (Phi) is 6.99. The Labute approximate surface area is 215 Å². The molecular weight excluding hydrogens is 464 g/mol. The molecule has 0 saturated carbocycles. The summed E-state index contributed by atoms with van der Waals surface area (Å²) in [5.41, 5.74) is 4.57. The van der Waals surface area contributed by atoms with Gasteiger partial charge in [-0.2, -0.15) is 5.26 Å². The van der Waals surface area contributed by atoms with E-state index >= 15 is 0 Å². The SMILES string of the molecule is Cc1ccc(NC(=O)c2ccnc(N3CCCC(C#N)C3)c2)cc1Nc1nccc(-c2cccnc2)n1. The van der Waals surface area contributed by atoms with Crippen molar-refractivity contribution >= 4 is 29.0 Å². The number of amides is 1. The number of aromatic nitrogens is 4. The van der Waals surface area contributed by atoms with Crippen LogP contribution in [0.4, 0.5) is 23.1 Å². The highest BCUT2D eigenvalue weighted by molar-refractivity contribution is 6.05. The molecule has 2 N–H and O–H groups in total. The lowest BCUT2D eigenvalue weighted by Gasteiger charge is -2.30. The molecule has 3 aromatic heterocycles. The Morgan fingerprint density at radius 2 is 2.00 bits per heavy atom. The van der Waals surface area contributed by atoms with E-state index in [0.717, 1.165) is 41.9 Å². The molecule has 1 fully saturated rings. The first-order valence-corrected chi connectivity index (χ1v) is 12.1. The fourth-order valence-corrected chi connectivity index (χ4v) is 4.28. The molecule has 37 heavy (non-hydrogen) atoms. The van der Waals surface area contributed by atoms with Crippen LogP contribution in [0.2, 0.25) is 0 Å². The van der Waals surface area contributed by atoms with Crippen molar-refractivity contribution in [1.29, 1.82) is 5.26 Å². The number of rotatable bonds is 6. The van der Waals surface area contributed by atoms with Crippen molar-refractivity contribution < 1.29 is 4.79 Å². The maximum Gasteiger partial charge on any atom is 0.255 e. The molecule has 1 aliphatic heterocycles. The minimum atomic E-state index is -0.234. The van der Waals surface area contributed by atoms with Gasteiger partial charge < -0.3 is 15.5 Å². The number of nitriles is 1. The summed E-state index contributed by atoms with van der Waals surface area (Å²) in [5, 5.41) is 15.5. The van der Waals surface area contributed by atoms with Gasteiger partial charge in [-0.05, 0) is 67.8 Å². The highest BCUT2D eigenvalue weighted by atomic mass is 16.1. The van der Waals surface area contributed by atoms with E-state index < -0.39 is 0 Å². The molecule has 184 valence electrons. The molecule has 0 bridgehead atoms. The second kappa shape index (κ2) is 10.8. The van der Waals surface area contributed by atoms with Gasteiger partial charge in [-0.25, -0.2) is 15.0 Å². The second-order valence-electron chi connectivity index (χ2n) is 8.93. The average Bonchev–Trinajstić information content (AvgIpc) is 2.95. The number of carbonyl (C=O) groups is 1. The number of nitrogens with zero attached hydrogens (tertiary/aromatic N) is 6. The third kappa shape index (κ3) is 5.70. The number of aryl methyl sites for hydroxylation is 1. The molecule has 5 rings (SSSR count). The van der Waals surface area contributed by atoms with Crippen LogP contribution in [0.15, 0.2) is 73.3 Å². The van der Waals surface area contributed by atoms with Gasteiger partial charge in [-0.3, -0.25) is 9.78 Å². The topological polar surface area (TPSA) is 120 Å². The van der Waals surface area contributed by atoms with Crippen molar-refractivity contribution in [3.8, 4) is 17.3 Å². The third-order valence-corrected chi connectivity index (χ3v) is 6.29. The van der Waals surface area contributed by atoms with E-state index in [9.17, 15) is 10.1 Å². The van der Waals surface area contributed by atoms with Crippen LogP contribution in [0.3, 0.4) is 0 Å². The van der Waals surface area contributed by atoms with Crippen LogP contribution in [-0.2, 0) is 0 Å². The van der Waals surface area contributed by atoms with Crippen LogP contribution in [-0.4, -0.2) is 38.9 Å². The van der Waals surface area contributed by atoms with E-state index in [-0.39, 0.29) is 11.8 Å². The Bertz CT molecular complexity index is 1450. The van der Waals surface area contributed by atoms with E-state index in [0.29, 0.717) is 29.6 Å². The van der Waals surface area contributed by atoms with Crippen LogP contribution in [0.25, 0.3) is 11.3 Å². The maximum absolute atomic E-state index is 13.1. The van der Waals surface area contributed by atoms with Crippen molar-refractivity contribution in [1.82, 2.24) is 19.9 Å². The summed E-state index contributed by atoms with van der Waals surface area (Å²) in [6.07, 6.45) is 8.64. The lowest BCUT2D eigenvalue weighted by molar-refractivity contribution is 0.102. The maximum atomic E-state index is 13.1. The Morgan fingerprint density at radius 1 is 1.11 bits per heavy atom. The number of nitrogens with one attached hydrogen (secondary N) is 2. The summed E-state index contributed by atoms with van der Waals surface area (Å²) >= 11 is 0. The van der Waals surface area contributed by atoms with Crippen molar-refractivity contribution in [2.75, 3.05) is 28.6 Å². The fraction of sp³-hybridized carbons (Fsp3) is 0.214. The Balaban J connectivity index is 1.31. The zero-order chi connectivity index (χ0) is 25.6. The van der Waals surface area contributed by atoms with Crippen molar-refractivity contribution in [3.63, 3.8) is 0 Å². The average molecular weight is 491 g/mol. The second-order valence-corrected chi connectivity index (χ2v) is 8.93. The summed E-state index contributed by atoms with van der Waals surface area (Å²) in [6, 6.07) is 17.1. The molecule has 1 saturated heterocycles. The first-order chi connectivity index (χ1) is 18.1. The van der Waals surface area contributed by atoms with E-state index in [1.54, 1.807) is 36.9 Å². The third-order valence-electron chi connectivity index (χ3n) is 6.29. The van der Waals surface area contributed by atoms with Crippen molar-refractivity contribution in [3.05, 3.63) is 84.4 Å². The van der Waals surface area contributed by atoms with Crippen LogP contribution < -0.4 is 15.5 Å². The number of piperidine rings is 1. The smallest absolute Gasteiger partial charge is 0.255 e. The zero-order valence-corrected chi connectivity index (χ0v) is 20.4. The molecule has 9 heteroatoms. The quantitative estimate of drug-likeness (QED) is 0.388. The highest BCUT2D eigenvalue weighted by Gasteiger charge is 2.21. The minimum absolute atomic E-state index is 0.0134. The minimum Gasteiger partial charge on any atom is -0.355 e. The molecule has 0 spiro atoms. The van der Waals surface area contributed by atoms with Crippen LogP contribution >= 0.6 is 0 Å². The zero-order valence-electron chi connectivity index (χ0n) is 20.4. The van der Waals surface area contributed by atoms with Gasteiger partial charge in [0.1, 0.15) is 5.82 Å². The number of anilines is 4. The first kappa shape index (κ1) is 23.9. The summed E-state index contributed by atoms with van der Waals surface area (Å²) in [7, 11) is 0. The molecule has 1 amide bonds. The van der Waals surface area contributed by atoms with E-state index in [4.69, 9.17) is 0 Å². The van der Waals surface area contributed by atoms with Gasteiger partial charge in [0.2, 0.25) is 5.95 Å². The predicted molar refractivity (Wildman–Crippen MR) is 142 cm³/mol. The monoisotopic (exact) mass is 490 g/mol. The number of benzene rings is 1. The normalized spacial score (nSPS) is 15.0. The molecule has 1 aliphatic rings. The number of pyridine rings is 2. The van der Waals surface area contributed by atoms with Gasteiger partial charge in [0, 0.05) is 60.4 Å². The molecule has 1 aromatic carbocycles. The van der Waals surface area contributed by atoms with Gasteiger partial charge in [0.05, 0.1) is 17.7 Å². The van der Waals surface area contributed by atoms with Crippen LogP contribution in [0.1, 0.15) is 28.8 Å². The molecule has 1 unspecified atom stereocenters. The molecular formula is C28H26N8O. The Hall–Kier alpha value is -4.84. The lowest BCUT2D eigenvalue weighted by atomic mass is 10.00. The summed E-state index contributed by atoms with van der Waals surface area (Å²) < 4.78 is 0. The van der Waals surface area contributed by atoms with Gasteiger partial charge in [0.15, 0.2) is 0 Å². The molecule has 0 radical (unpaired) electrons. The number of hydrogen-bond donors (Lipinski definition) is 2. The fourth-order valence-electron chi connectivity index (χ4n) is 4.28. The molecule has 4 aromatic rings. The molecule has 4 heterocycles. The lowest BCUT2D eigenvalue weighted by Crippen LogP contribution is -2.35. The van der Waals surface area contributed by atoms with Crippen molar-refractivity contribution in [2.24, 2.45) is 5.92 Å². The van der Waals surface area contributed by atoms with Gasteiger partial charge in [-0.15, -0.1) is 0 Å². The van der Waals surface area contributed by atoms with E-state index in [1.807, 2.05) is 43.3 Å². The largest absolute Gasteiger partial charge is 0.355 e. The predicted octanol–water partition coefficient (Wildman–Crippen LogP) is 4.98. The van der Waals surface area contributed by atoms with E-state index in [2.05, 4.69) is 41.5 Å². The first-order valence-electron chi connectivity index (χ1n) is 12.1. The summed E-state index contributed by atoms with van der Waals surface area (Å²) in [5.74, 6) is 0.913. The molecule has 0 aliphatic carbocycles. The van der Waals surface area contributed by atoms with Crippen LogP contribution in [0, 0.1) is 24.2 Å². The van der Waals surface area contributed by atoms with Gasteiger partial charge >= 0.3 is 0 Å². The number of hydrogen-bond acceptors (Lipinski definition) is 8. The summed E-state index contributed by atoms with van der Waals surface area (Å²) in [6.45, 7) is 3.43. The van der Waals surface area contributed by atoms with Gasteiger partial charge in [0.25, 0.3) is 5.91 Å². The standard InChI is InChI=1S/C28H26N8O/c1-19-6-7-23(15-25(19)35-28-32-12-9-24(34-28)22-5-2-10-30-17-22)33-27(37)21-8-11-31-26(14-21)36-13-3-4-20(16-29)18-36/h2,5-12,14-15,17,20H,3-4,13,18H2,1H3,(H,33,37)(H,32,34,35). The summed E-state index contributed by atoms with van der Waals surface area (Å²) in [4.78, 5) is 32.7.